The van der Waals surface area contributed by atoms with Gasteiger partial charge in [0.2, 0.25) is 0 Å². The lowest BCUT2D eigenvalue weighted by Gasteiger charge is -2.30. The standard InChI is InChI=1S/C11H23NO.C2H6/c1-3-5-10-13-11-6-8-12(4-2)9-7-11;1-2/h11H,3-10H2,1-2H3;1-2H3. The second-order valence-electron chi connectivity index (χ2n) is 3.86. The first kappa shape index (κ1) is 14.9. The van der Waals surface area contributed by atoms with E-state index in [4.69, 9.17) is 4.74 Å². The van der Waals surface area contributed by atoms with E-state index in [2.05, 4.69) is 18.7 Å². The number of hydrogen-bond acceptors (Lipinski definition) is 2. The molecule has 0 radical (unpaired) electrons. The smallest absolute Gasteiger partial charge is 0.0599 e. The van der Waals surface area contributed by atoms with E-state index in [-0.39, 0.29) is 0 Å². The van der Waals surface area contributed by atoms with Crippen molar-refractivity contribution in [2.75, 3.05) is 26.2 Å². The van der Waals surface area contributed by atoms with Crippen LogP contribution in [0.25, 0.3) is 0 Å². The molecule has 2 nitrogen and oxygen atoms in total. The number of unbranched alkanes of at least 4 members (excludes halogenated alkanes) is 1. The first-order chi connectivity index (χ1) is 7.36. The summed E-state index contributed by atoms with van der Waals surface area (Å²) in [6, 6.07) is 0. The molecule has 0 unspecified atom stereocenters. The summed E-state index contributed by atoms with van der Waals surface area (Å²) in [6.45, 7) is 13.1. The predicted molar refractivity (Wildman–Crippen MR) is 67.3 cm³/mol. The highest BCUT2D eigenvalue weighted by Gasteiger charge is 2.17. The molecule has 1 aliphatic heterocycles. The Morgan fingerprint density at radius 3 is 2.20 bits per heavy atom. The second kappa shape index (κ2) is 10.4. The Hall–Kier alpha value is -0.0800. The Balaban J connectivity index is 0.000000921. The highest BCUT2D eigenvalue weighted by Crippen LogP contribution is 2.13. The van der Waals surface area contributed by atoms with Crippen molar-refractivity contribution in [1.82, 2.24) is 4.90 Å². The van der Waals surface area contributed by atoms with Gasteiger partial charge in [-0.3, -0.25) is 0 Å². The van der Waals surface area contributed by atoms with Crippen LogP contribution in [0, 0.1) is 0 Å². The van der Waals surface area contributed by atoms with Crippen LogP contribution < -0.4 is 0 Å². The van der Waals surface area contributed by atoms with Crippen molar-refractivity contribution in [1.29, 1.82) is 0 Å². The average molecular weight is 215 g/mol. The molecule has 0 aliphatic carbocycles. The maximum atomic E-state index is 5.79. The first-order valence-electron chi connectivity index (χ1n) is 6.70. The highest BCUT2D eigenvalue weighted by atomic mass is 16.5. The first-order valence-corrected chi connectivity index (χ1v) is 6.70. The summed E-state index contributed by atoms with van der Waals surface area (Å²) in [5.41, 5.74) is 0. The summed E-state index contributed by atoms with van der Waals surface area (Å²) in [5, 5.41) is 0. The average Bonchev–Trinajstić information content (AvgIpc) is 2.33. The summed E-state index contributed by atoms with van der Waals surface area (Å²) in [5.74, 6) is 0. The van der Waals surface area contributed by atoms with E-state index in [9.17, 15) is 0 Å². The van der Waals surface area contributed by atoms with Crippen LogP contribution in [-0.4, -0.2) is 37.2 Å². The monoisotopic (exact) mass is 215 g/mol. The van der Waals surface area contributed by atoms with E-state index < -0.39 is 0 Å². The third-order valence-corrected chi connectivity index (χ3v) is 2.83. The van der Waals surface area contributed by atoms with Gasteiger partial charge in [-0.05, 0) is 25.8 Å². The molecule has 1 heterocycles. The van der Waals surface area contributed by atoms with Crippen LogP contribution in [0.3, 0.4) is 0 Å². The molecule has 92 valence electrons. The number of nitrogens with zero attached hydrogens (tertiary/aromatic N) is 1. The van der Waals surface area contributed by atoms with Gasteiger partial charge in [-0.1, -0.05) is 34.1 Å². The summed E-state index contributed by atoms with van der Waals surface area (Å²) >= 11 is 0. The molecule has 2 heteroatoms. The maximum absolute atomic E-state index is 5.79. The molecule has 15 heavy (non-hydrogen) atoms. The van der Waals surface area contributed by atoms with Crippen LogP contribution in [0.1, 0.15) is 53.4 Å². The van der Waals surface area contributed by atoms with Gasteiger partial charge in [-0.2, -0.15) is 0 Å². The molecule has 1 rings (SSSR count). The lowest BCUT2D eigenvalue weighted by molar-refractivity contribution is 0.00744. The van der Waals surface area contributed by atoms with Crippen molar-refractivity contribution >= 4 is 0 Å². The van der Waals surface area contributed by atoms with E-state index in [0.29, 0.717) is 6.10 Å². The van der Waals surface area contributed by atoms with Crippen LogP contribution in [0.15, 0.2) is 0 Å². The van der Waals surface area contributed by atoms with Gasteiger partial charge in [0.05, 0.1) is 6.10 Å². The van der Waals surface area contributed by atoms with Gasteiger partial charge in [0, 0.05) is 19.7 Å². The van der Waals surface area contributed by atoms with E-state index in [0.717, 1.165) is 6.61 Å². The molecule has 0 saturated carbocycles. The fourth-order valence-corrected chi connectivity index (χ4v) is 1.79. The van der Waals surface area contributed by atoms with Gasteiger partial charge >= 0.3 is 0 Å². The molecule has 0 aromatic heterocycles. The number of rotatable bonds is 5. The van der Waals surface area contributed by atoms with Crippen molar-refractivity contribution in [3.63, 3.8) is 0 Å². The van der Waals surface area contributed by atoms with Gasteiger partial charge in [0.25, 0.3) is 0 Å². The third kappa shape index (κ3) is 6.91. The van der Waals surface area contributed by atoms with Gasteiger partial charge in [-0.25, -0.2) is 0 Å². The predicted octanol–water partition coefficient (Wildman–Crippen LogP) is 3.31. The van der Waals surface area contributed by atoms with Gasteiger partial charge in [-0.15, -0.1) is 0 Å². The summed E-state index contributed by atoms with van der Waals surface area (Å²) in [6.07, 6.45) is 5.48. The maximum Gasteiger partial charge on any atom is 0.0599 e. The SMILES string of the molecule is CC.CCCCOC1CCN(CC)CC1. The Kier molecular flexibility index (Phi) is 10.4. The zero-order valence-electron chi connectivity index (χ0n) is 11.1. The lowest BCUT2D eigenvalue weighted by Crippen LogP contribution is -2.36. The fourth-order valence-electron chi connectivity index (χ4n) is 1.79. The Bertz CT molecular complexity index is 117. The molecule has 0 aromatic rings. The Morgan fingerprint density at radius 2 is 1.73 bits per heavy atom. The van der Waals surface area contributed by atoms with Crippen LogP contribution >= 0.6 is 0 Å². The molecule has 0 bridgehead atoms. The van der Waals surface area contributed by atoms with Gasteiger partial charge in [0.1, 0.15) is 0 Å². The van der Waals surface area contributed by atoms with E-state index in [1.807, 2.05) is 13.8 Å². The van der Waals surface area contributed by atoms with Gasteiger partial charge < -0.3 is 9.64 Å². The quantitative estimate of drug-likeness (QED) is 0.652. The van der Waals surface area contributed by atoms with Crippen molar-refractivity contribution < 1.29 is 4.74 Å². The summed E-state index contributed by atoms with van der Waals surface area (Å²) in [4.78, 5) is 2.50. The highest BCUT2D eigenvalue weighted by molar-refractivity contribution is 4.71. The molecule has 0 N–H and O–H groups in total. The van der Waals surface area contributed by atoms with E-state index >= 15 is 0 Å². The summed E-state index contributed by atoms with van der Waals surface area (Å²) in [7, 11) is 0. The van der Waals surface area contributed by atoms with Crippen LogP contribution in [0.2, 0.25) is 0 Å². The van der Waals surface area contributed by atoms with Crippen molar-refractivity contribution in [2.45, 2.75) is 59.5 Å². The molecule has 1 fully saturated rings. The van der Waals surface area contributed by atoms with Crippen LogP contribution in [-0.2, 0) is 4.74 Å². The second-order valence-corrected chi connectivity index (χ2v) is 3.86. The zero-order chi connectivity index (χ0) is 11.5. The Morgan fingerprint density at radius 1 is 1.13 bits per heavy atom. The van der Waals surface area contributed by atoms with Crippen LogP contribution in [0.4, 0.5) is 0 Å². The van der Waals surface area contributed by atoms with Gasteiger partial charge in [0.15, 0.2) is 0 Å². The minimum atomic E-state index is 0.550. The number of hydrogen-bond donors (Lipinski definition) is 0. The van der Waals surface area contributed by atoms with Crippen LogP contribution in [0.5, 0.6) is 0 Å². The number of likely N-dealkylation sites (tertiary alicyclic amines) is 1. The largest absolute Gasteiger partial charge is 0.378 e. The Labute approximate surface area is 96.0 Å². The van der Waals surface area contributed by atoms with Crippen molar-refractivity contribution in [2.24, 2.45) is 0 Å². The third-order valence-electron chi connectivity index (χ3n) is 2.83. The number of ether oxygens (including phenoxy) is 1. The van der Waals surface area contributed by atoms with Crippen molar-refractivity contribution in [3.8, 4) is 0 Å². The molecule has 0 atom stereocenters. The molecule has 1 aliphatic rings. The molecule has 0 aromatic carbocycles. The molecule has 1 saturated heterocycles. The number of piperidine rings is 1. The molecular weight excluding hydrogens is 186 g/mol. The fraction of sp³-hybridized carbons (Fsp3) is 1.00. The normalized spacial score (nSPS) is 18.4. The lowest BCUT2D eigenvalue weighted by atomic mass is 10.1. The zero-order valence-corrected chi connectivity index (χ0v) is 11.1. The minimum Gasteiger partial charge on any atom is -0.378 e. The minimum absolute atomic E-state index is 0.550. The summed E-state index contributed by atoms with van der Waals surface area (Å²) < 4.78 is 5.79. The van der Waals surface area contributed by atoms with E-state index in [1.165, 1.54) is 45.3 Å². The molecule has 0 spiro atoms. The topological polar surface area (TPSA) is 12.5 Å². The molecular formula is C13H29NO. The van der Waals surface area contributed by atoms with E-state index in [1.54, 1.807) is 0 Å². The van der Waals surface area contributed by atoms with Crippen molar-refractivity contribution in [3.05, 3.63) is 0 Å². The molecule has 0 amide bonds.